The third-order valence-electron chi connectivity index (χ3n) is 1.55. The molecular formula is C10H6BrFOS. The molecule has 1 aromatic carbocycles. The van der Waals surface area contributed by atoms with Crippen LogP contribution in [0.4, 0.5) is 4.39 Å². The van der Waals surface area contributed by atoms with E-state index in [1.165, 1.54) is 23.5 Å². The van der Waals surface area contributed by atoms with Crippen LogP contribution in [-0.2, 0) is 0 Å². The van der Waals surface area contributed by atoms with Gasteiger partial charge in [-0.25, -0.2) is 4.39 Å². The average Bonchev–Trinajstić information content (AvgIpc) is 2.54. The molecule has 0 aliphatic carbocycles. The normalized spacial score (nSPS) is 10.1. The minimum Gasteiger partial charge on any atom is -0.447 e. The van der Waals surface area contributed by atoms with Crippen molar-refractivity contribution in [2.75, 3.05) is 0 Å². The fraction of sp³-hybridized carbons (Fsp3) is 0. The summed E-state index contributed by atoms with van der Waals surface area (Å²) in [5, 5.41) is 2.66. The predicted molar refractivity (Wildman–Crippen MR) is 58.5 cm³/mol. The topological polar surface area (TPSA) is 9.23 Å². The van der Waals surface area contributed by atoms with Gasteiger partial charge < -0.3 is 4.74 Å². The van der Waals surface area contributed by atoms with Gasteiger partial charge in [0.1, 0.15) is 11.6 Å². The first-order valence-electron chi connectivity index (χ1n) is 3.91. The van der Waals surface area contributed by atoms with Gasteiger partial charge in [0, 0.05) is 10.5 Å². The van der Waals surface area contributed by atoms with E-state index in [9.17, 15) is 4.39 Å². The molecule has 0 radical (unpaired) electrons. The number of benzene rings is 1. The monoisotopic (exact) mass is 272 g/mol. The Morgan fingerprint density at radius 1 is 1.29 bits per heavy atom. The van der Waals surface area contributed by atoms with Gasteiger partial charge in [-0.3, -0.25) is 0 Å². The zero-order valence-corrected chi connectivity index (χ0v) is 9.44. The highest BCUT2D eigenvalue weighted by Gasteiger charge is 2.01. The van der Waals surface area contributed by atoms with Crippen LogP contribution in [0.25, 0.3) is 0 Å². The molecule has 2 rings (SSSR count). The molecule has 0 saturated heterocycles. The zero-order valence-electron chi connectivity index (χ0n) is 7.04. The van der Waals surface area contributed by atoms with Gasteiger partial charge in [-0.15, -0.1) is 11.3 Å². The standard InChI is InChI=1S/C10H6BrFOS/c11-7-4-8(12)6-9(5-7)13-10-2-1-3-14-10/h1-6H. The van der Waals surface area contributed by atoms with Crippen molar-refractivity contribution in [3.63, 3.8) is 0 Å². The molecule has 2 aromatic rings. The Bertz CT molecular complexity index is 407. The van der Waals surface area contributed by atoms with Crippen molar-refractivity contribution >= 4 is 27.3 Å². The quantitative estimate of drug-likeness (QED) is 0.785. The summed E-state index contributed by atoms with van der Waals surface area (Å²) in [4.78, 5) is 0. The summed E-state index contributed by atoms with van der Waals surface area (Å²) in [7, 11) is 0. The summed E-state index contributed by atoms with van der Waals surface area (Å²) < 4.78 is 19.0. The Labute approximate surface area is 93.3 Å². The molecule has 0 unspecified atom stereocenters. The second kappa shape index (κ2) is 4.11. The maximum absolute atomic E-state index is 13.0. The highest BCUT2D eigenvalue weighted by atomic mass is 79.9. The van der Waals surface area contributed by atoms with Crippen molar-refractivity contribution in [2.45, 2.75) is 0 Å². The molecule has 0 saturated carbocycles. The maximum Gasteiger partial charge on any atom is 0.180 e. The Hall–Kier alpha value is -0.870. The summed E-state index contributed by atoms with van der Waals surface area (Å²) in [6.07, 6.45) is 0. The SMILES string of the molecule is Fc1cc(Br)cc(Oc2cccs2)c1. The van der Waals surface area contributed by atoms with Crippen LogP contribution in [0.3, 0.4) is 0 Å². The van der Waals surface area contributed by atoms with Crippen molar-refractivity contribution in [3.8, 4) is 10.8 Å². The molecule has 1 heterocycles. The summed E-state index contributed by atoms with van der Waals surface area (Å²) in [5.74, 6) is 0.185. The average molecular weight is 273 g/mol. The van der Waals surface area contributed by atoms with E-state index in [1.807, 2.05) is 17.5 Å². The first-order valence-corrected chi connectivity index (χ1v) is 5.59. The van der Waals surface area contributed by atoms with Gasteiger partial charge in [0.15, 0.2) is 5.06 Å². The Kier molecular flexibility index (Phi) is 2.84. The van der Waals surface area contributed by atoms with Crippen molar-refractivity contribution in [1.29, 1.82) is 0 Å². The molecule has 4 heteroatoms. The lowest BCUT2D eigenvalue weighted by Crippen LogP contribution is -1.82. The lowest BCUT2D eigenvalue weighted by atomic mass is 10.3. The molecule has 0 fully saturated rings. The fourth-order valence-corrected chi connectivity index (χ4v) is 2.06. The zero-order chi connectivity index (χ0) is 9.97. The van der Waals surface area contributed by atoms with Gasteiger partial charge in [0.05, 0.1) is 0 Å². The van der Waals surface area contributed by atoms with Crippen LogP contribution in [0, 0.1) is 5.82 Å². The van der Waals surface area contributed by atoms with Gasteiger partial charge in [-0.1, -0.05) is 15.9 Å². The highest BCUT2D eigenvalue weighted by Crippen LogP contribution is 2.28. The summed E-state index contributed by atoms with van der Waals surface area (Å²) >= 11 is 4.67. The predicted octanol–water partition coefficient (Wildman–Crippen LogP) is 4.44. The second-order valence-corrected chi connectivity index (χ2v) is 4.47. The molecule has 0 aliphatic heterocycles. The third kappa shape index (κ3) is 2.33. The van der Waals surface area contributed by atoms with Crippen molar-refractivity contribution < 1.29 is 9.13 Å². The second-order valence-electron chi connectivity index (χ2n) is 2.64. The molecule has 0 atom stereocenters. The fourth-order valence-electron chi connectivity index (χ4n) is 1.03. The van der Waals surface area contributed by atoms with E-state index in [1.54, 1.807) is 6.07 Å². The lowest BCUT2D eigenvalue weighted by molar-refractivity contribution is 0.489. The summed E-state index contributed by atoms with van der Waals surface area (Å²) in [6, 6.07) is 8.19. The van der Waals surface area contributed by atoms with Crippen molar-refractivity contribution in [2.24, 2.45) is 0 Å². The minimum atomic E-state index is -0.314. The van der Waals surface area contributed by atoms with Crippen LogP contribution in [0.15, 0.2) is 40.2 Å². The number of ether oxygens (including phenoxy) is 1. The van der Waals surface area contributed by atoms with Crippen LogP contribution in [0.5, 0.6) is 10.8 Å². The number of halogens is 2. The number of rotatable bonds is 2. The van der Waals surface area contributed by atoms with E-state index in [2.05, 4.69) is 15.9 Å². The molecule has 1 aromatic heterocycles. The molecule has 0 spiro atoms. The summed E-state index contributed by atoms with van der Waals surface area (Å²) in [6.45, 7) is 0. The molecule has 1 nitrogen and oxygen atoms in total. The van der Waals surface area contributed by atoms with E-state index in [0.29, 0.717) is 10.2 Å². The van der Waals surface area contributed by atoms with Crippen molar-refractivity contribution in [1.82, 2.24) is 0 Å². The van der Waals surface area contributed by atoms with Crippen molar-refractivity contribution in [3.05, 3.63) is 46.0 Å². The van der Waals surface area contributed by atoms with Gasteiger partial charge in [-0.05, 0) is 29.6 Å². The molecule has 0 bridgehead atoms. The largest absolute Gasteiger partial charge is 0.447 e. The number of thiophene rings is 1. The smallest absolute Gasteiger partial charge is 0.180 e. The van der Waals surface area contributed by atoms with Crippen LogP contribution < -0.4 is 4.74 Å². The minimum absolute atomic E-state index is 0.314. The third-order valence-corrected chi connectivity index (χ3v) is 2.75. The maximum atomic E-state index is 13.0. The first-order chi connectivity index (χ1) is 6.74. The van der Waals surface area contributed by atoms with E-state index >= 15 is 0 Å². The molecule has 0 aliphatic rings. The number of hydrogen-bond acceptors (Lipinski definition) is 2. The first kappa shape index (κ1) is 9.68. The molecule has 0 amide bonds. The number of hydrogen-bond donors (Lipinski definition) is 0. The van der Waals surface area contributed by atoms with Crippen LogP contribution >= 0.6 is 27.3 Å². The molecular weight excluding hydrogens is 267 g/mol. The van der Waals surface area contributed by atoms with E-state index in [0.717, 1.165) is 5.06 Å². The Balaban J connectivity index is 2.25. The Morgan fingerprint density at radius 2 is 2.14 bits per heavy atom. The van der Waals surface area contributed by atoms with Crippen LogP contribution in [0.2, 0.25) is 0 Å². The molecule has 14 heavy (non-hydrogen) atoms. The highest BCUT2D eigenvalue weighted by molar-refractivity contribution is 9.10. The molecule has 72 valence electrons. The van der Waals surface area contributed by atoms with Gasteiger partial charge in [0.25, 0.3) is 0 Å². The Morgan fingerprint density at radius 3 is 2.79 bits per heavy atom. The van der Waals surface area contributed by atoms with Gasteiger partial charge >= 0.3 is 0 Å². The van der Waals surface area contributed by atoms with Gasteiger partial charge in [0.2, 0.25) is 0 Å². The van der Waals surface area contributed by atoms with Crippen LogP contribution in [0.1, 0.15) is 0 Å². The lowest BCUT2D eigenvalue weighted by Gasteiger charge is -2.02. The van der Waals surface area contributed by atoms with Crippen LogP contribution in [-0.4, -0.2) is 0 Å². The van der Waals surface area contributed by atoms with E-state index in [-0.39, 0.29) is 5.82 Å². The van der Waals surface area contributed by atoms with E-state index < -0.39 is 0 Å². The van der Waals surface area contributed by atoms with E-state index in [4.69, 9.17) is 4.74 Å². The summed E-state index contributed by atoms with van der Waals surface area (Å²) in [5.41, 5.74) is 0. The molecule has 0 N–H and O–H groups in total. The van der Waals surface area contributed by atoms with Gasteiger partial charge in [-0.2, -0.15) is 0 Å².